The standard InChI is InChI=1S/C19H19NO6S/c1-3-27(23)17-7-5-4-6-14(17)19(22)26-12(2)18(21)20-13-8-9-15-16(10-13)25-11-24-15/h4-10,12H,3,11H2,1-2H3,(H,20,21)/t12-,27+/m1/s1. The highest BCUT2D eigenvalue weighted by molar-refractivity contribution is 7.85. The molecule has 27 heavy (non-hydrogen) atoms. The minimum Gasteiger partial charge on any atom is -0.454 e. The van der Waals surface area contributed by atoms with E-state index < -0.39 is 28.8 Å². The summed E-state index contributed by atoms with van der Waals surface area (Å²) in [5.41, 5.74) is 0.694. The van der Waals surface area contributed by atoms with Gasteiger partial charge in [-0.2, -0.15) is 0 Å². The highest BCUT2D eigenvalue weighted by atomic mass is 32.2. The van der Waals surface area contributed by atoms with Gasteiger partial charge in [0.15, 0.2) is 17.6 Å². The number of anilines is 1. The van der Waals surface area contributed by atoms with E-state index in [0.29, 0.717) is 27.8 Å². The molecule has 2 aromatic rings. The first-order valence-corrected chi connectivity index (χ1v) is 9.70. The number of fused-ring (bicyclic) bond motifs is 1. The van der Waals surface area contributed by atoms with Crippen molar-refractivity contribution < 1.29 is 28.0 Å². The van der Waals surface area contributed by atoms with Crippen LogP contribution in [0.25, 0.3) is 0 Å². The van der Waals surface area contributed by atoms with E-state index in [1.54, 1.807) is 43.3 Å². The minimum atomic E-state index is -1.31. The summed E-state index contributed by atoms with van der Waals surface area (Å²) in [6.07, 6.45) is -1.04. The van der Waals surface area contributed by atoms with E-state index >= 15 is 0 Å². The monoisotopic (exact) mass is 389 g/mol. The first-order chi connectivity index (χ1) is 13.0. The number of carbonyl (C=O) groups is 2. The first-order valence-electron chi connectivity index (χ1n) is 8.38. The average Bonchev–Trinajstić information content (AvgIpc) is 3.15. The summed E-state index contributed by atoms with van der Waals surface area (Å²) in [5.74, 6) is 0.336. The lowest BCUT2D eigenvalue weighted by Crippen LogP contribution is -2.30. The summed E-state index contributed by atoms with van der Waals surface area (Å²) < 4.78 is 27.8. The molecule has 1 amide bonds. The molecule has 0 spiro atoms. The number of hydrogen-bond donors (Lipinski definition) is 1. The number of amides is 1. The van der Waals surface area contributed by atoms with E-state index in [1.807, 2.05) is 0 Å². The van der Waals surface area contributed by atoms with Crippen LogP contribution in [0, 0.1) is 0 Å². The Bertz CT molecular complexity index is 898. The predicted molar refractivity (Wildman–Crippen MR) is 99.5 cm³/mol. The Morgan fingerprint density at radius 2 is 1.93 bits per heavy atom. The van der Waals surface area contributed by atoms with Gasteiger partial charge < -0.3 is 19.5 Å². The molecule has 0 bridgehead atoms. The lowest BCUT2D eigenvalue weighted by molar-refractivity contribution is -0.123. The Hall–Kier alpha value is -2.87. The molecule has 0 radical (unpaired) electrons. The van der Waals surface area contributed by atoms with Gasteiger partial charge in [-0.1, -0.05) is 19.1 Å². The number of ether oxygens (including phenoxy) is 3. The van der Waals surface area contributed by atoms with Gasteiger partial charge in [0, 0.05) is 17.5 Å². The normalized spacial score (nSPS) is 14.3. The molecule has 1 aliphatic rings. The van der Waals surface area contributed by atoms with E-state index in [0.717, 1.165) is 0 Å². The highest BCUT2D eigenvalue weighted by Crippen LogP contribution is 2.34. The molecule has 0 saturated heterocycles. The molecule has 1 N–H and O–H groups in total. The maximum absolute atomic E-state index is 12.4. The second-order valence-corrected chi connectivity index (χ2v) is 7.44. The van der Waals surface area contributed by atoms with Crippen LogP contribution in [0.4, 0.5) is 5.69 Å². The Morgan fingerprint density at radius 1 is 1.19 bits per heavy atom. The quantitative estimate of drug-likeness (QED) is 0.764. The van der Waals surface area contributed by atoms with Crippen molar-refractivity contribution in [1.29, 1.82) is 0 Å². The van der Waals surface area contributed by atoms with E-state index in [9.17, 15) is 13.8 Å². The molecule has 8 heteroatoms. The van der Waals surface area contributed by atoms with Crippen molar-refractivity contribution in [2.24, 2.45) is 0 Å². The van der Waals surface area contributed by atoms with Crippen LogP contribution in [0.1, 0.15) is 24.2 Å². The number of hydrogen-bond acceptors (Lipinski definition) is 6. The Labute approximate surface area is 159 Å². The van der Waals surface area contributed by atoms with E-state index in [1.165, 1.54) is 13.0 Å². The summed E-state index contributed by atoms with van der Waals surface area (Å²) in [6, 6.07) is 11.5. The molecule has 3 rings (SSSR count). The summed E-state index contributed by atoms with van der Waals surface area (Å²) in [4.78, 5) is 25.2. The number of esters is 1. The lowest BCUT2D eigenvalue weighted by atomic mass is 10.2. The zero-order valence-electron chi connectivity index (χ0n) is 14.9. The van der Waals surface area contributed by atoms with E-state index in [-0.39, 0.29) is 12.4 Å². The third-order valence-corrected chi connectivity index (χ3v) is 5.28. The molecule has 0 saturated carbocycles. The fraction of sp³-hybridized carbons (Fsp3) is 0.263. The number of benzene rings is 2. The molecular formula is C19H19NO6S. The average molecular weight is 389 g/mol. The highest BCUT2D eigenvalue weighted by Gasteiger charge is 2.23. The fourth-order valence-electron chi connectivity index (χ4n) is 2.49. The van der Waals surface area contributed by atoms with Crippen molar-refractivity contribution >= 4 is 28.4 Å². The molecule has 0 aliphatic carbocycles. The van der Waals surface area contributed by atoms with Crippen molar-refractivity contribution in [3.05, 3.63) is 48.0 Å². The van der Waals surface area contributed by atoms with Crippen molar-refractivity contribution in [1.82, 2.24) is 0 Å². The third-order valence-electron chi connectivity index (χ3n) is 3.91. The fourth-order valence-corrected chi connectivity index (χ4v) is 3.42. The smallest absolute Gasteiger partial charge is 0.340 e. The van der Waals surface area contributed by atoms with Gasteiger partial charge in [0.25, 0.3) is 5.91 Å². The SMILES string of the molecule is CC[S@](=O)c1ccccc1C(=O)O[C@H](C)C(=O)Nc1ccc2c(c1)OCO2. The Kier molecular flexibility index (Phi) is 5.75. The van der Waals surface area contributed by atoms with Crippen molar-refractivity contribution in [3.8, 4) is 11.5 Å². The Morgan fingerprint density at radius 3 is 2.70 bits per heavy atom. The van der Waals surface area contributed by atoms with Crippen molar-refractivity contribution in [3.63, 3.8) is 0 Å². The van der Waals surface area contributed by atoms with Gasteiger partial charge in [-0.05, 0) is 31.2 Å². The molecule has 142 valence electrons. The van der Waals surface area contributed by atoms with Crippen molar-refractivity contribution in [2.45, 2.75) is 24.8 Å². The predicted octanol–water partition coefficient (Wildman–Crippen LogP) is 2.73. The van der Waals surface area contributed by atoms with Crippen LogP contribution < -0.4 is 14.8 Å². The van der Waals surface area contributed by atoms with Crippen LogP contribution in [-0.4, -0.2) is 34.7 Å². The second-order valence-electron chi connectivity index (χ2n) is 5.74. The van der Waals surface area contributed by atoms with Crippen molar-refractivity contribution in [2.75, 3.05) is 17.9 Å². The summed E-state index contributed by atoms with van der Waals surface area (Å²) in [6.45, 7) is 3.37. The van der Waals surface area contributed by atoms with Gasteiger partial charge in [-0.15, -0.1) is 0 Å². The lowest BCUT2D eigenvalue weighted by Gasteiger charge is -2.15. The molecule has 2 aromatic carbocycles. The topological polar surface area (TPSA) is 90.9 Å². The molecule has 1 aliphatic heterocycles. The van der Waals surface area contributed by atoms with Crippen LogP contribution in [0.15, 0.2) is 47.4 Å². The third kappa shape index (κ3) is 4.28. The number of nitrogens with one attached hydrogen (secondary N) is 1. The van der Waals surface area contributed by atoms with Gasteiger partial charge in [-0.3, -0.25) is 9.00 Å². The first kappa shape index (κ1) is 18.9. The van der Waals surface area contributed by atoms with Gasteiger partial charge in [0.1, 0.15) is 0 Å². The van der Waals surface area contributed by atoms with Crippen LogP contribution in [-0.2, 0) is 20.3 Å². The van der Waals surface area contributed by atoms with E-state index in [2.05, 4.69) is 5.32 Å². The maximum Gasteiger partial charge on any atom is 0.340 e. The van der Waals surface area contributed by atoms with E-state index in [4.69, 9.17) is 14.2 Å². The Balaban J connectivity index is 1.66. The summed E-state index contributed by atoms with van der Waals surface area (Å²) >= 11 is 0. The molecular weight excluding hydrogens is 370 g/mol. The van der Waals surface area contributed by atoms with Gasteiger partial charge in [0.2, 0.25) is 6.79 Å². The van der Waals surface area contributed by atoms with Gasteiger partial charge in [0.05, 0.1) is 21.3 Å². The van der Waals surface area contributed by atoms with Crippen LogP contribution in [0.2, 0.25) is 0 Å². The van der Waals surface area contributed by atoms with Crippen LogP contribution >= 0.6 is 0 Å². The number of carbonyl (C=O) groups excluding carboxylic acids is 2. The van der Waals surface area contributed by atoms with Gasteiger partial charge >= 0.3 is 5.97 Å². The molecule has 2 atom stereocenters. The zero-order chi connectivity index (χ0) is 19.4. The summed E-state index contributed by atoms with van der Waals surface area (Å²) in [5, 5.41) is 2.67. The zero-order valence-corrected chi connectivity index (χ0v) is 15.7. The summed E-state index contributed by atoms with van der Waals surface area (Å²) in [7, 11) is -1.31. The minimum absolute atomic E-state index is 0.138. The largest absolute Gasteiger partial charge is 0.454 e. The second kappa shape index (κ2) is 8.22. The molecule has 0 fully saturated rings. The van der Waals surface area contributed by atoms with Gasteiger partial charge in [-0.25, -0.2) is 4.79 Å². The molecule has 1 heterocycles. The van der Waals surface area contributed by atoms with Crippen LogP contribution in [0.3, 0.4) is 0 Å². The number of rotatable bonds is 6. The molecule has 7 nitrogen and oxygen atoms in total. The molecule has 0 aromatic heterocycles. The van der Waals surface area contributed by atoms with Crippen LogP contribution in [0.5, 0.6) is 11.5 Å². The maximum atomic E-state index is 12.4. The molecule has 0 unspecified atom stereocenters.